The summed E-state index contributed by atoms with van der Waals surface area (Å²) in [6.07, 6.45) is 0. The number of amides is 1. The molecule has 3 nitrogen and oxygen atoms in total. The SMILES string of the molecule is CCN(C(=O)CNc1c(F)cccc1F)c1cccc(C)c1. The van der Waals surface area contributed by atoms with Gasteiger partial charge in [-0.05, 0) is 43.7 Å². The van der Waals surface area contributed by atoms with Crippen molar-refractivity contribution in [1.29, 1.82) is 0 Å². The van der Waals surface area contributed by atoms with Gasteiger partial charge in [-0.2, -0.15) is 0 Å². The van der Waals surface area contributed by atoms with Gasteiger partial charge in [0.1, 0.15) is 17.3 Å². The summed E-state index contributed by atoms with van der Waals surface area (Å²) in [5, 5.41) is 2.54. The minimum atomic E-state index is -0.716. The molecule has 0 aliphatic heterocycles. The van der Waals surface area contributed by atoms with Crippen molar-refractivity contribution < 1.29 is 13.6 Å². The van der Waals surface area contributed by atoms with E-state index in [1.54, 1.807) is 4.90 Å². The number of halogens is 2. The Morgan fingerprint density at radius 1 is 1.14 bits per heavy atom. The molecule has 0 saturated carbocycles. The van der Waals surface area contributed by atoms with Gasteiger partial charge in [-0.25, -0.2) is 8.78 Å². The van der Waals surface area contributed by atoms with Gasteiger partial charge in [0.05, 0.1) is 6.54 Å². The van der Waals surface area contributed by atoms with Gasteiger partial charge in [-0.15, -0.1) is 0 Å². The molecule has 0 aromatic heterocycles. The van der Waals surface area contributed by atoms with Crippen LogP contribution in [0.5, 0.6) is 0 Å². The fraction of sp³-hybridized carbons (Fsp3) is 0.235. The molecule has 116 valence electrons. The van der Waals surface area contributed by atoms with Crippen molar-refractivity contribution in [2.75, 3.05) is 23.3 Å². The number of carbonyl (C=O) groups is 1. The number of hydrogen-bond donors (Lipinski definition) is 1. The van der Waals surface area contributed by atoms with Crippen molar-refractivity contribution in [1.82, 2.24) is 0 Å². The average Bonchev–Trinajstić information content (AvgIpc) is 2.47. The lowest BCUT2D eigenvalue weighted by molar-refractivity contribution is -0.116. The largest absolute Gasteiger partial charge is 0.371 e. The van der Waals surface area contributed by atoms with Crippen LogP contribution in [-0.2, 0) is 4.79 Å². The minimum Gasteiger partial charge on any atom is -0.371 e. The van der Waals surface area contributed by atoms with Gasteiger partial charge in [-0.3, -0.25) is 4.79 Å². The van der Waals surface area contributed by atoms with Crippen molar-refractivity contribution in [3.63, 3.8) is 0 Å². The number of anilines is 2. The van der Waals surface area contributed by atoms with E-state index < -0.39 is 11.6 Å². The molecule has 0 aliphatic rings. The van der Waals surface area contributed by atoms with Crippen molar-refractivity contribution in [3.05, 3.63) is 59.7 Å². The average molecular weight is 304 g/mol. The van der Waals surface area contributed by atoms with Crippen LogP contribution in [-0.4, -0.2) is 19.0 Å². The Bertz CT molecular complexity index is 653. The summed E-state index contributed by atoms with van der Waals surface area (Å²) in [6.45, 7) is 4.09. The van der Waals surface area contributed by atoms with Crippen LogP contribution >= 0.6 is 0 Å². The van der Waals surface area contributed by atoms with Crippen molar-refractivity contribution in [2.45, 2.75) is 13.8 Å². The van der Waals surface area contributed by atoms with E-state index >= 15 is 0 Å². The van der Waals surface area contributed by atoms with E-state index in [4.69, 9.17) is 0 Å². The Balaban J connectivity index is 2.10. The first-order chi connectivity index (χ1) is 10.5. The van der Waals surface area contributed by atoms with Crippen molar-refractivity contribution in [2.24, 2.45) is 0 Å². The highest BCUT2D eigenvalue weighted by atomic mass is 19.1. The maximum absolute atomic E-state index is 13.5. The topological polar surface area (TPSA) is 32.3 Å². The zero-order valence-corrected chi connectivity index (χ0v) is 12.6. The molecule has 0 spiro atoms. The second-order valence-corrected chi connectivity index (χ2v) is 4.93. The zero-order chi connectivity index (χ0) is 16.1. The molecule has 5 heteroatoms. The molecule has 0 saturated heterocycles. The maximum Gasteiger partial charge on any atom is 0.246 e. The second kappa shape index (κ2) is 7.02. The van der Waals surface area contributed by atoms with E-state index in [1.807, 2.05) is 38.1 Å². The first-order valence-electron chi connectivity index (χ1n) is 7.08. The molecule has 2 aromatic rings. The summed E-state index contributed by atoms with van der Waals surface area (Å²) in [6, 6.07) is 11.1. The molecular formula is C17H18F2N2O. The Hall–Kier alpha value is -2.43. The standard InChI is InChI=1S/C17H18F2N2O/c1-3-21(13-7-4-6-12(2)10-13)16(22)11-20-17-14(18)8-5-9-15(17)19/h4-10,20H,3,11H2,1-2H3. The predicted molar refractivity (Wildman–Crippen MR) is 84.1 cm³/mol. The number of nitrogens with zero attached hydrogens (tertiary/aromatic N) is 1. The van der Waals surface area contributed by atoms with Gasteiger partial charge >= 0.3 is 0 Å². The summed E-state index contributed by atoms with van der Waals surface area (Å²) >= 11 is 0. The Morgan fingerprint density at radius 3 is 2.36 bits per heavy atom. The highest BCUT2D eigenvalue weighted by Gasteiger charge is 2.15. The normalized spacial score (nSPS) is 10.4. The summed E-state index contributed by atoms with van der Waals surface area (Å²) < 4.78 is 27.1. The Kier molecular flexibility index (Phi) is 5.09. The summed E-state index contributed by atoms with van der Waals surface area (Å²) in [7, 11) is 0. The number of likely N-dealkylation sites (N-methyl/N-ethyl adjacent to an activating group) is 1. The Labute approximate surface area is 128 Å². The van der Waals surface area contributed by atoms with E-state index in [0.717, 1.165) is 23.4 Å². The maximum atomic E-state index is 13.5. The van der Waals surface area contributed by atoms with Gasteiger partial charge in [0.15, 0.2) is 0 Å². The fourth-order valence-electron chi connectivity index (χ4n) is 2.22. The van der Waals surface area contributed by atoms with Crippen LogP contribution in [0.15, 0.2) is 42.5 Å². The molecule has 0 aliphatic carbocycles. The van der Waals surface area contributed by atoms with E-state index in [-0.39, 0.29) is 18.1 Å². The van der Waals surface area contributed by atoms with Crippen molar-refractivity contribution in [3.8, 4) is 0 Å². The quantitative estimate of drug-likeness (QED) is 0.912. The van der Waals surface area contributed by atoms with Gasteiger partial charge in [0, 0.05) is 12.2 Å². The highest BCUT2D eigenvalue weighted by molar-refractivity contribution is 5.96. The molecule has 22 heavy (non-hydrogen) atoms. The van der Waals surface area contributed by atoms with Gasteiger partial charge in [0.2, 0.25) is 5.91 Å². The second-order valence-electron chi connectivity index (χ2n) is 4.93. The van der Waals surface area contributed by atoms with E-state index in [9.17, 15) is 13.6 Å². The number of rotatable bonds is 5. The lowest BCUT2D eigenvalue weighted by Crippen LogP contribution is -2.35. The van der Waals surface area contributed by atoms with E-state index in [1.165, 1.54) is 6.07 Å². The summed E-state index contributed by atoms with van der Waals surface area (Å²) in [5.41, 5.74) is 1.52. The van der Waals surface area contributed by atoms with Gasteiger partial charge in [0.25, 0.3) is 0 Å². The molecule has 1 N–H and O–H groups in total. The lowest BCUT2D eigenvalue weighted by atomic mass is 10.2. The predicted octanol–water partition coefficient (Wildman–Crippen LogP) is 3.74. The molecule has 0 atom stereocenters. The van der Waals surface area contributed by atoms with Crippen LogP contribution in [0.2, 0.25) is 0 Å². The van der Waals surface area contributed by atoms with Crippen LogP contribution in [0, 0.1) is 18.6 Å². The van der Waals surface area contributed by atoms with Crippen LogP contribution < -0.4 is 10.2 Å². The first kappa shape index (κ1) is 15.9. The number of benzene rings is 2. The van der Waals surface area contributed by atoms with E-state index in [0.29, 0.717) is 6.54 Å². The fourth-order valence-corrected chi connectivity index (χ4v) is 2.22. The molecule has 2 aromatic carbocycles. The van der Waals surface area contributed by atoms with Crippen LogP contribution in [0.25, 0.3) is 0 Å². The van der Waals surface area contributed by atoms with E-state index in [2.05, 4.69) is 5.32 Å². The monoisotopic (exact) mass is 304 g/mol. The summed E-state index contributed by atoms with van der Waals surface area (Å²) in [4.78, 5) is 13.9. The van der Waals surface area contributed by atoms with Crippen LogP contribution in [0.1, 0.15) is 12.5 Å². The molecule has 0 unspecified atom stereocenters. The lowest BCUT2D eigenvalue weighted by Gasteiger charge is -2.22. The molecular weight excluding hydrogens is 286 g/mol. The Morgan fingerprint density at radius 2 is 1.77 bits per heavy atom. The first-order valence-corrected chi connectivity index (χ1v) is 7.08. The van der Waals surface area contributed by atoms with Crippen molar-refractivity contribution >= 4 is 17.3 Å². The third kappa shape index (κ3) is 3.61. The minimum absolute atomic E-state index is 0.181. The number of nitrogens with one attached hydrogen (secondary N) is 1. The number of hydrogen-bond acceptors (Lipinski definition) is 2. The van der Waals surface area contributed by atoms with Gasteiger partial charge < -0.3 is 10.2 Å². The number of aryl methyl sites for hydroxylation is 1. The molecule has 0 radical (unpaired) electrons. The molecule has 0 heterocycles. The third-order valence-electron chi connectivity index (χ3n) is 3.31. The third-order valence-corrected chi connectivity index (χ3v) is 3.31. The molecule has 0 bridgehead atoms. The van der Waals surface area contributed by atoms with Crippen LogP contribution in [0.4, 0.5) is 20.2 Å². The summed E-state index contributed by atoms with van der Waals surface area (Å²) in [5.74, 6) is -1.69. The number of para-hydroxylation sites is 1. The molecule has 1 amide bonds. The van der Waals surface area contributed by atoms with Gasteiger partial charge in [-0.1, -0.05) is 18.2 Å². The smallest absolute Gasteiger partial charge is 0.246 e. The van der Waals surface area contributed by atoms with Crippen LogP contribution in [0.3, 0.4) is 0 Å². The zero-order valence-electron chi connectivity index (χ0n) is 12.6. The molecule has 2 rings (SSSR count). The molecule has 0 fully saturated rings. The number of carbonyl (C=O) groups excluding carboxylic acids is 1. The highest BCUT2D eigenvalue weighted by Crippen LogP contribution is 2.19.